The number of methoxy groups -OCH3 is 1. The maximum atomic E-state index is 5.36. The molecule has 0 bridgehead atoms. The third kappa shape index (κ3) is 4.32. The van der Waals surface area contributed by atoms with E-state index in [9.17, 15) is 0 Å². The van der Waals surface area contributed by atoms with Gasteiger partial charge < -0.3 is 9.64 Å². The van der Waals surface area contributed by atoms with Gasteiger partial charge >= 0.3 is 0 Å². The summed E-state index contributed by atoms with van der Waals surface area (Å²) in [6.07, 6.45) is 11.8. The monoisotopic (exact) mass is 391 g/mol. The van der Waals surface area contributed by atoms with Crippen LogP contribution in [0.3, 0.4) is 0 Å². The first kappa shape index (κ1) is 19.0. The molecule has 4 heteroatoms. The minimum atomic E-state index is 0.582. The lowest BCUT2D eigenvalue weighted by Crippen LogP contribution is -2.32. The third-order valence-electron chi connectivity index (χ3n) is 7.00. The van der Waals surface area contributed by atoms with Crippen LogP contribution >= 0.6 is 0 Å². The van der Waals surface area contributed by atoms with Crippen LogP contribution in [0.15, 0.2) is 24.3 Å². The molecular formula is C25H33N3O. The molecule has 0 spiro atoms. The first-order valence-corrected chi connectivity index (χ1v) is 11.6. The number of hydrogen-bond donors (Lipinski definition) is 0. The molecule has 3 aliphatic rings. The van der Waals surface area contributed by atoms with Crippen molar-refractivity contribution >= 4 is 0 Å². The van der Waals surface area contributed by atoms with Gasteiger partial charge in [-0.15, -0.1) is 0 Å². The van der Waals surface area contributed by atoms with E-state index in [2.05, 4.69) is 17.0 Å². The van der Waals surface area contributed by atoms with E-state index in [1.165, 1.54) is 74.0 Å². The average molecular weight is 392 g/mol. The van der Waals surface area contributed by atoms with Crippen LogP contribution in [0.5, 0.6) is 5.75 Å². The van der Waals surface area contributed by atoms with Gasteiger partial charge in [0, 0.05) is 48.8 Å². The maximum Gasteiger partial charge on any atom is 0.132 e. The summed E-state index contributed by atoms with van der Waals surface area (Å²) in [5.74, 6) is 3.46. The van der Waals surface area contributed by atoms with Crippen LogP contribution in [0, 0.1) is 5.92 Å². The molecule has 0 amide bonds. The predicted octanol–water partition coefficient (Wildman–Crippen LogP) is 5.01. The number of fused-ring (bicyclic) bond motifs is 1. The molecule has 1 aliphatic heterocycles. The molecule has 29 heavy (non-hydrogen) atoms. The Hall–Kier alpha value is -1.94. The Morgan fingerprint density at radius 2 is 1.69 bits per heavy atom. The SMILES string of the molecule is COc1ccc(-c2nc(C3CC3)nc3c2CCN(CC2CCCCC2)CC3)cc1. The Bertz CT molecular complexity index is 838. The van der Waals surface area contributed by atoms with E-state index in [0.29, 0.717) is 5.92 Å². The molecule has 5 rings (SSSR count). The van der Waals surface area contributed by atoms with Crippen molar-refractivity contribution in [2.24, 2.45) is 5.92 Å². The fourth-order valence-electron chi connectivity index (χ4n) is 5.09. The summed E-state index contributed by atoms with van der Waals surface area (Å²) in [4.78, 5) is 12.9. The summed E-state index contributed by atoms with van der Waals surface area (Å²) in [7, 11) is 1.72. The smallest absolute Gasteiger partial charge is 0.132 e. The lowest BCUT2D eigenvalue weighted by atomic mass is 9.89. The molecule has 2 aromatic rings. The molecule has 0 radical (unpaired) electrons. The lowest BCUT2D eigenvalue weighted by Gasteiger charge is -2.28. The Kier molecular flexibility index (Phi) is 5.54. The van der Waals surface area contributed by atoms with Crippen LogP contribution in [0.1, 0.15) is 67.9 Å². The summed E-state index contributed by atoms with van der Waals surface area (Å²) in [6, 6.07) is 8.41. The predicted molar refractivity (Wildman–Crippen MR) is 116 cm³/mol. The van der Waals surface area contributed by atoms with Gasteiger partial charge in [-0.2, -0.15) is 0 Å². The second-order valence-corrected chi connectivity index (χ2v) is 9.16. The highest BCUT2D eigenvalue weighted by molar-refractivity contribution is 5.65. The van der Waals surface area contributed by atoms with E-state index in [-0.39, 0.29) is 0 Å². The number of aromatic nitrogens is 2. The Labute approximate surface area is 174 Å². The molecule has 2 aliphatic carbocycles. The van der Waals surface area contributed by atoms with Crippen LogP contribution in [0.4, 0.5) is 0 Å². The number of rotatable bonds is 5. The van der Waals surface area contributed by atoms with Crippen molar-refractivity contribution in [2.45, 2.75) is 63.7 Å². The Balaban J connectivity index is 1.41. The van der Waals surface area contributed by atoms with Gasteiger partial charge in [-0.25, -0.2) is 9.97 Å². The van der Waals surface area contributed by atoms with E-state index in [4.69, 9.17) is 14.7 Å². The minimum absolute atomic E-state index is 0.582. The first-order chi connectivity index (χ1) is 14.3. The normalized spacial score (nSPS) is 20.9. The second kappa shape index (κ2) is 8.43. The number of benzene rings is 1. The zero-order valence-electron chi connectivity index (χ0n) is 17.7. The molecule has 4 nitrogen and oxygen atoms in total. The Morgan fingerprint density at radius 3 is 2.41 bits per heavy atom. The fourth-order valence-corrected chi connectivity index (χ4v) is 5.09. The number of ether oxygens (including phenoxy) is 1. The fraction of sp³-hybridized carbons (Fsp3) is 0.600. The molecule has 1 aromatic carbocycles. The van der Waals surface area contributed by atoms with E-state index in [1.807, 2.05) is 12.1 Å². The van der Waals surface area contributed by atoms with Crippen molar-refractivity contribution in [1.29, 1.82) is 0 Å². The van der Waals surface area contributed by atoms with Crippen LogP contribution in [0.25, 0.3) is 11.3 Å². The van der Waals surface area contributed by atoms with Gasteiger partial charge in [-0.3, -0.25) is 0 Å². The molecule has 154 valence electrons. The van der Waals surface area contributed by atoms with Crippen molar-refractivity contribution in [3.63, 3.8) is 0 Å². The topological polar surface area (TPSA) is 38.3 Å². The molecule has 0 N–H and O–H groups in total. The third-order valence-corrected chi connectivity index (χ3v) is 7.00. The van der Waals surface area contributed by atoms with Crippen molar-refractivity contribution in [3.05, 3.63) is 41.3 Å². The summed E-state index contributed by atoms with van der Waals surface area (Å²) in [5.41, 5.74) is 5.05. The molecule has 1 aromatic heterocycles. The van der Waals surface area contributed by atoms with Gasteiger partial charge in [0.2, 0.25) is 0 Å². The van der Waals surface area contributed by atoms with Crippen molar-refractivity contribution in [3.8, 4) is 17.0 Å². The van der Waals surface area contributed by atoms with E-state index >= 15 is 0 Å². The van der Waals surface area contributed by atoms with Gasteiger partial charge in [-0.05, 0) is 62.3 Å². The van der Waals surface area contributed by atoms with E-state index < -0.39 is 0 Å². The van der Waals surface area contributed by atoms with Crippen LogP contribution < -0.4 is 4.74 Å². The van der Waals surface area contributed by atoms with Crippen LogP contribution in [-0.2, 0) is 12.8 Å². The van der Waals surface area contributed by atoms with Gasteiger partial charge in [0.15, 0.2) is 0 Å². The Morgan fingerprint density at radius 1 is 0.931 bits per heavy atom. The lowest BCUT2D eigenvalue weighted by molar-refractivity contribution is 0.207. The summed E-state index contributed by atoms with van der Waals surface area (Å²) in [5, 5.41) is 0. The number of hydrogen-bond acceptors (Lipinski definition) is 4. The second-order valence-electron chi connectivity index (χ2n) is 9.16. The minimum Gasteiger partial charge on any atom is -0.497 e. The summed E-state index contributed by atoms with van der Waals surface area (Å²) >= 11 is 0. The van der Waals surface area contributed by atoms with Crippen molar-refractivity contribution < 1.29 is 4.74 Å². The zero-order valence-corrected chi connectivity index (χ0v) is 17.7. The molecule has 2 saturated carbocycles. The molecule has 2 heterocycles. The van der Waals surface area contributed by atoms with Gasteiger partial charge in [-0.1, -0.05) is 19.3 Å². The molecule has 0 atom stereocenters. The van der Waals surface area contributed by atoms with Gasteiger partial charge in [0.1, 0.15) is 11.6 Å². The van der Waals surface area contributed by atoms with Crippen LogP contribution in [0.2, 0.25) is 0 Å². The highest BCUT2D eigenvalue weighted by atomic mass is 16.5. The molecule has 0 unspecified atom stereocenters. The molecular weight excluding hydrogens is 358 g/mol. The first-order valence-electron chi connectivity index (χ1n) is 11.6. The number of nitrogens with zero attached hydrogens (tertiary/aromatic N) is 3. The van der Waals surface area contributed by atoms with Gasteiger partial charge in [0.25, 0.3) is 0 Å². The zero-order chi connectivity index (χ0) is 19.6. The standard InChI is InChI=1S/C25H33N3O/c1-29-21-11-9-19(10-12-21)24-22-13-15-28(17-18-5-3-2-4-6-18)16-14-23(22)26-25(27-24)20-7-8-20/h9-12,18,20H,2-8,13-17H2,1H3. The van der Waals surface area contributed by atoms with Gasteiger partial charge in [0.05, 0.1) is 12.8 Å². The van der Waals surface area contributed by atoms with Crippen molar-refractivity contribution in [1.82, 2.24) is 14.9 Å². The largest absolute Gasteiger partial charge is 0.497 e. The highest BCUT2D eigenvalue weighted by Crippen LogP contribution is 2.40. The highest BCUT2D eigenvalue weighted by Gasteiger charge is 2.30. The van der Waals surface area contributed by atoms with Crippen molar-refractivity contribution in [2.75, 3.05) is 26.7 Å². The quantitative estimate of drug-likeness (QED) is 0.718. The van der Waals surface area contributed by atoms with E-state index in [1.54, 1.807) is 7.11 Å². The average Bonchev–Trinajstić information content (AvgIpc) is 3.62. The van der Waals surface area contributed by atoms with E-state index in [0.717, 1.165) is 43.4 Å². The summed E-state index contributed by atoms with van der Waals surface area (Å²) < 4.78 is 5.36. The summed E-state index contributed by atoms with van der Waals surface area (Å²) in [6.45, 7) is 3.56. The molecule has 2 fully saturated rings. The molecule has 0 saturated heterocycles. The maximum absolute atomic E-state index is 5.36. The van der Waals surface area contributed by atoms with Crippen LogP contribution in [-0.4, -0.2) is 41.6 Å².